The largest absolute Gasteiger partial charge is 0.821 e. The molecule has 1 unspecified atom stereocenters. The van der Waals surface area contributed by atoms with E-state index in [0.717, 1.165) is 0 Å². The maximum atomic E-state index is 10.1. The van der Waals surface area contributed by atoms with Crippen LogP contribution in [0.25, 0.3) is 0 Å². The highest BCUT2D eigenvalue weighted by Crippen LogP contribution is 2.03. The first-order valence-electron chi connectivity index (χ1n) is 3.39. The van der Waals surface area contributed by atoms with Gasteiger partial charge in [0.25, 0.3) is 0 Å². The van der Waals surface area contributed by atoms with E-state index in [1.165, 1.54) is 0 Å². The molecule has 1 aromatic rings. The third-order valence-corrected chi connectivity index (χ3v) is 1.25. The SMILES string of the molecule is Nc1ccc(C#CC([O-])O)cc1. The van der Waals surface area contributed by atoms with Crippen molar-refractivity contribution in [3.8, 4) is 11.8 Å². The van der Waals surface area contributed by atoms with Gasteiger partial charge in [0.15, 0.2) is 0 Å². The number of aliphatic hydroxyl groups excluding tert-OH is 1. The van der Waals surface area contributed by atoms with Crippen molar-refractivity contribution in [3.05, 3.63) is 29.8 Å². The van der Waals surface area contributed by atoms with Crippen molar-refractivity contribution >= 4 is 5.69 Å². The zero-order valence-electron chi connectivity index (χ0n) is 6.32. The molecular weight excluding hydrogens is 154 g/mol. The van der Waals surface area contributed by atoms with Gasteiger partial charge in [-0.1, -0.05) is 11.8 Å². The molecule has 0 aliphatic carbocycles. The van der Waals surface area contributed by atoms with Crippen molar-refractivity contribution in [2.24, 2.45) is 0 Å². The highest BCUT2D eigenvalue weighted by atomic mass is 16.5. The molecule has 3 heteroatoms. The molecule has 0 fully saturated rings. The molecule has 1 aromatic carbocycles. The first-order valence-corrected chi connectivity index (χ1v) is 3.39. The molecule has 0 heterocycles. The minimum Gasteiger partial charge on any atom is -0.821 e. The molecule has 0 radical (unpaired) electrons. The first kappa shape index (κ1) is 8.60. The third kappa shape index (κ3) is 2.62. The Bertz CT molecular complexity index is 306. The maximum absolute atomic E-state index is 10.1. The van der Waals surface area contributed by atoms with Gasteiger partial charge in [0.05, 0.1) is 0 Å². The molecule has 0 saturated heterocycles. The molecule has 62 valence electrons. The smallest absolute Gasteiger partial charge is 0.0427 e. The van der Waals surface area contributed by atoms with Gasteiger partial charge in [-0.25, -0.2) is 0 Å². The second kappa shape index (κ2) is 3.77. The van der Waals surface area contributed by atoms with Gasteiger partial charge < -0.3 is 15.9 Å². The lowest BCUT2D eigenvalue weighted by molar-refractivity contribution is -0.459. The average molecular weight is 162 g/mol. The molecule has 0 aliphatic heterocycles. The third-order valence-electron chi connectivity index (χ3n) is 1.25. The van der Waals surface area contributed by atoms with Crippen LogP contribution in [0.5, 0.6) is 0 Å². The van der Waals surface area contributed by atoms with Crippen molar-refractivity contribution < 1.29 is 10.2 Å². The second-order valence-electron chi connectivity index (χ2n) is 2.24. The van der Waals surface area contributed by atoms with Crippen LogP contribution < -0.4 is 10.8 Å². The zero-order chi connectivity index (χ0) is 8.97. The average Bonchev–Trinajstić information content (AvgIpc) is 2.03. The number of hydrogen-bond acceptors (Lipinski definition) is 3. The van der Waals surface area contributed by atoms with Crippen molar-refractivity contribution in [2.45, 2.75) is 6.29 Å². The van der Waals surface area contributed by atoms with E-state index in [2.05, 4.69) is 11.8 Å². The molecule has 12 heavy (non-hydrogen) atoms. The lowest BCUT2D eigenvalue weighted by atomic mass is 10.2. The number of aliphatic hydroxyl groups is 1. The van der Waals surface area contributed by atoms with Crippen LogP contribution in [0.1, 0.15) is 5.56 Å². The Hall–Kier alpha value is -1.50. The Balaban J connectivity index is 2.79. The minimum absolute atomic E-state index is 0.642. The minimum atomic E-state index is -1.83. The Morgan fingerprint density at radius 1 is 1.33 bits per heavy atom. The van der Waals surface area contributed by atoms with Gasteiger partial charge in [0.1, 0.15) is 0 Å². The molecule has 0 saturated carbocycles. The summed E-state index contributed by atoms with van der Waals surface area (Å²) < 4.78 is 0. The van der Waals surface area contributed by atoms with Crippen LogP contribution in [-0.4, -0.2) is 11.4 Å². The summed E-state index contributed by atoms with van der Waals surface area (Å²) in [6, 6.07) is 6.73. The lowest BCUT2D eigenvalue weighted by Gasteiger charge is -2.02. The highest BCUT2D eigenvalue weighted by Gasteiger charge is 1.85. The van der Waals surface area contributed by atoms with Crippen LogP contribution in [0.2, 0.25) is 0 Å². The van der Waals surface area contributed by atoms with Crippen molar-refractivity contribution in [1.29, 1.82) is 0 Å². The monoisotopic (exact) mass is 162 g/mol. The van der Waals surface area contributed by atoms with E-state index in [9.17, 15) is 5.11 Å². The number of hydrogen-bond donors (Lipinski definition) is 2. The van der Waals surface area contributed by atoms with Crippen molar-refractivity contribution in [2.75, 3.05) is 5.73 Å². The van der Waals surface area contributed by atoms with Crippen LogP contribution >= 0.6 is 0 Å². The van der Waals surface area contributed by atoms with Crippen LogP contribution in [0, 0.1) is 11.8 Å². The molecule has 3 nitrogen and oxygen atoms in total. The summed E-state index contributed by atoms with van der Waals surface area (Å²) in [5.74, 6) is 4.59. The van der Waals surface area contributed by atoms with E-state index in [1.54, 1.807) is 24.3 Å². The van der Waals surface area contributed by atoms with Crippen LogP contribution in [0.3, 0.4) is 0 Å². The molecule has 1 atom stereocenters. The first-order chi connectivity index (χ1) is 5.68. The molecule has 0 aliphatic rings. The summed E-state index contributed by atoms with van der Waals surface area (Å²) in [7, 11) is 0. The fourth-order valence-electron chi connectivity index (χ4n) is 0.712. The Morgan fingerprint density at radius 3 is 2.42 bits per heavy atom. The predicted molar refractivity (Wildman–Crippen MR) is 43.7 cm³/mol. The number of benzene rings is 1. The summed E-state index contributed by atoms with van der Waals surface area (Å²) in [5.41, 5.74) is 6.73. The Labute approximate surface area is 70.5 Å². The van der Waals surface area contributed by atoms with Gasteiger partial charge in [0, 0.05) is 17.5 Å². The standard InChI is InChI=1S/C9H8NO2/c10-8-4-1-7(2-5-8)3-6-9(11)12/h1-2,4-5,9,11H,10H2/q-1. The number of anilines is 1. The fourth-order valence-corrected chi connectivity index (χ4v) is 0.712. The summed E-state index contributed by atoms with van der Waals surface area (Å²) in [6.07, 6.45) is -1.83. The van der Waals surface area contributed by atoms with Gasteiger partial charge in [0.2, 0.25) is 0 Å². The fraction of sp³-hybridized carbons (Fsp3) is 0.111. The predicted octanol–water partition coefficient (Wildman–Crippen LogP) is -0.701. The molecule has 3 N–H and O–H groups in total. The number of nitrogen functional groups attached to an aromatic ring is 1. The molecule has 1 rings (SSSR count). The van der Waals surface area contributed by atoms with E-state index in [0.29, 0.717) is 11.3 Å². The van der Waals surface area contributed by atoms with Crippen LogP contribution in [0.15, 0.2) is 24.3 Å². The summed E-state index contributed by atoms with van der Waals surface area (Å²) in [4.78, 5) is 0. The van der Waals surface area contributed by atoms with E-state index in [4.69, 9.17) is 10.8 Å². The summed E-state index contributed by atoms with van der Waals surface area (Å²) >= 11 is 0. The van der Waals surface area contributed by atoms with Crippen molar-refractivity contribution in [3.63, 3.8) is 0 Å². The van der Waals surface area contributed by atoms with Gasteiger partial charge >= 0.3 is 0 Å². The molecule has 0 aromatic heterocycles. The van der Waals surface area contributed by atoms with Gasteiger partial charge in [-0.3, -0.25) is 0 Å². The van der Waals surface area contributed by atoms with Gasteiger partial charge in [-0.2, -0.15) is 0 Å². The van der Waals surface area contributed by atoms with E-state index < -0.39 is 6.29 Å². The van der Waals surface area contributed by atoms with Crippen LogP contribution in [-0.2, 0) is 0 Å². The lowest BCUT2D eigenvalue weighted by Crippen LogP contribution is -2.21. The van der Waals surface area contributed by atoms with Gasteiger partial charge in [-0.15, -0.1) is 0 Å². The van der Waals surface area contributed by atoms with Gasteiger partial charge in [-0.05, 0) is 24.3 Å². The van der Waals surface area contributed by atoms with E-state index in [1.807, 2.05) is 0 Å². The number of nitrogens with two attached hydrogens (primary N) is 1. The zero-order valence-corrected chi connectivity index (χ0v) is 6.32. The van der Waals surface area contributed by atoms with Crippen molar-refractivity contribution in [1.82, 2.24) is 0 Å². The highest BCUT2D eigenvalue weighted by molar-refractivity contribution is 5.44. The quantitative estimate of drug-likeness (QED) is 0.301. The Kier molecular flexibility index (Phi) is 2.70. The second-order valence-corrected chi connectivity index (χ2v) is 2.24. The van der Waals surface area contributed by atoms with Crippen LogP contribution in [0.4, 0.5) is 5.69 Å². The van der Waals surface area contributed by atoms with E-state index >= 15 is 0 Å². The number of rotatable bonds is 0. The normalized spacial score (nSPS) is 11.5. The maximum Gasteiger partial charge on any atom is 0.0427 e. The topological polar surface area (TPSA) is 69.3 Å². The molecule has 0 amide bonds. The molecule has 0 bridgehead atoms. The summed E-state index contributed by atoms with van der Waals surface area (Å²) in [5, 5.41) is 18.4. The summed E-state index contributed by atoms with van der Waals surface area (Å²) in [6.45, 7) is 0. The van der Waals surface area contributed by atoms with E-state index in [-0.39, 0.29) is 0 Å². The molecular formula is C9H8NO2-. The Morgan fingerprint density at radius 2 is 1.92 bits per heavy atom. The molecule has 0 spiro atoms.